The van der Waals surface area contributed by atoms with Gasteiger partial charge in [-0.25, -0.2) is 0 Å². The second kappa shape index (κ2) is 6.27. The molecule has 1 atom stereocenters. The van der Waals surface area contributed by atoms with E-state index in [1.54, 1.807) is 7.11 Å². The first-order chi connectivity index (χ1) is 9.55. The molecule has 1 amide bonds. The minimum Gasteiger partial charge on any atom is -0.497 e. The molecule has 0 spiro atoms. The van der Waals surface area contributed by atoms with Crippen LogP contribution in [0.15, 0.2) is 24.3 Å². The van der Waals surface area contributed by atoms with E-state index in [9.17, 15) is 4.79 Å². The molecule has 4 nitrogen and oxygen atoms in total. The maximum absolute atomic E-state index is 12.4. The van der Waals surface area contributed by atoms with Crippen LogP contribution in [0.3, 0.4) is 0 Å². The molecule has 0 aromatic heterocycles. The van der Waals surface area contributed by atoms with E-state index < -0.39 is 5.54 Å². The summed E-state index contributed by atoms with van der Waals surface area (Å²) in [6.07, 6.45) is 4.82. The van der Waals surface area contributed by atoms with Gasteiger partial charge in [-0.15, -0.1) is 0 Å². The zero-order valence-corrected chi connectivity index (χ0v) is 12.3. The highest BCUT2D eigenvalue weighted by atomic mass is 16.5. The minimum atomic E-state index is -0.689. The van der Waals surface area contributed by atoms with Crippen molar-refractivity contribution >= 4 is 5.91 Å². The van der Waals surface area contributed by atoms with E-state index in [0.717, 1.165) is 37.0 Å². The van der Waals surface area contributed by atoms with Crippen LogP contribution in [-0.2, 0) is 4.79 Å². The van der Waals surface area contributed by atoms with E-state index in [4.69, 9.17) is 10.5 Å². The number of nitrogens with two attached hydrogens (primary N) is 1. The van der Waals surface area contributed by atoms with E-state index in [0.29, 0.717) is 0 Å². The van der Waals surface area contributed by atoms with Gasteiger partial charge in [0.2, 0.25) is 5.91 Å². The van der Waals surface area contributed by atoms with Crippen LogP contribution >= 0.6 is 0 Å². The van der Waals surface area contributed by atoms with Gasteiger partial charge in [0.1, 0.15) is 5.75 Å². The van der Waals surface area contributed by atoms with E-state index in [1.165, 1.54) is 6.42 Å². The molecule has 1 aliphatic carbocycles. The van der Waals surface area contributed by atoms with Gasteiger partial charge in [0.05, 0.1) is 18.7 Å². The van der Waals surface area contributed by atoms with Crippen molar-refractivity contribution in [2.75, 3.05) is 7.11 Å². The van der Waals surface area contributed by atoms with E-state index in [2.05, 4.69) is 5.32 Å². The number of nitrogens with one attached hydrogen (secondary N) is 1. The molecular formula is C16H24N2O2. The Morgan fingerprint density at radius 1 is 1.35 bits per heavy atom. The minimum absolute atomic E-state index is 0.0347. The van der Waals surface area contributed by atoms with Crippen molar-refractivity contribution in [3.63, 3.8) is 0 Å². The van der Waals surface area contributed by atoms with Gasteiger partial charge in [-0.2, -0.15) is 0 Å². The Morgan fingerprint density at radius 2 is 2.05 bits per heavy atom. The molecule has 2 rings (SSSR count). The monoisotopic (exact) mass is 276 g/mol. The van der Waals surface area contributed by atoms with Crippen molar-refractivity contribution in [1.82, 2.24) is 5.32 Å². The molecule has 0 heterocycles. The third-order valence-electron chi connectivity index (χ3n) is 4.14. The summed E-state index contributed by atoms with van der Waals surface area (Å²) in [6, 6.07) is 7.67. The molecule has 1 aliphatic rings. The number of methoxy groups -OCH3 is 1. The lowest BCUT2D eigenvalue weighted by Crippen LogP contribution is -2.55. The Morgan fingerprint density at radius 3 is 2.70 bits per heavy atom. The van der Waals surface area contributed by atoms with Gasteiger partial charge in [0, 0.05) is 0 Å². The van der Waals surface area contributed by atoms with Crippen LogP contribution < -0.4 is 15.8 Å². The summed E-state index contributed by atoms with van der Waals surface area (Å²) in [5.41, 5.74) is 6.58. The predicted molar refractivity (Wildman–Crippen MR) is 79.6 cm³/mol. The molecule has 1 aromatic rings. The van der Waals surface area contributed by atoms with Crippen molar-refractivity contribution in [3.8, 4) is 5.75 Å². The zero-order valence-electron chi connectivity index (χ0n) is 12.3. The third kappa shape index (κ3) is 3.31. The average molecular weight is 276 g/mol. The summed E-state index contributed by atoms with van der Waals surface area (Å²) in [7, 11) is 1.64. The quantitative estimate of drug-likeness (QED) is 0.888. The number of carbonyl (C=O) groups excluding carboxylic acids is 1. The van der Waals surface area contributed by atoms with Gasteiger partial charge in [-0.1, -0.05) is 31.4 Å². The Balaban J connectivity index is 2.02. The molecule has 1 saturated carbocycles. The zero-order chi connectivity index (χ0) is 14.6. The highest BCUT2D eigenvalue weighted by molar-refractivity contribution is 5.86. The maximum Gasteiger partial charge on any atom is 0.240 e. The first-order valence-corrected chi connectivity index (χ1v) is 7.29. The molecule has 0 saturated heterocycles. The fraction of sp³-hybridized carbons (Fsp3) is 0.562. The second-order valence-corrected chi connectivity index (χ2v) is 5.69. The molecule has 110 valence electrons. The molecule has 3 N–H and O–H groups in total. The summed E-state index contributed by atoms with van der Waals surface area (Å²) in [4.78, 5) is 12.4. The number of hydrogen-bond donors (Lipinski definition) is 2. The van der Waals surface area contributed by atoms with Gasteiger partial charge in [-0.05, 0) is 37.5 Å². The summed E-state index contributed by atoms with van der Waals surface area (Å²) in [5, 5.41) is 3.04. The largest absolute Gasteiger partial charge is 0.497 e. The van der Waals surface area contributed by atoms with Crippen LogP contribution in [0.2, 0.25) is 0 Å². The van der Waals surface area contributed by atoms with Crippen molar-refractivity contribution in [2.45, 2.75) is 50.6 Å². The van der Waals surface area contributed by atoms with E-state index in [1.807, 2.05) is 31.2 Å². The van der Waals surface area contributed by atoms with Gasteiger partial charge in [-0.3, -0.25) is 4.79 Å². The standard InChI is InChI=1S/C16H24N2O2/c1-12(13-7-6-8-14(11-13)20-2)18-15(19)16(17)9-4-3-5-10-16/h6-8,11-12H,3-5,9-10,17H2,1-2H3,(H,18,19)/t12-/m1/s1. The summed E-state index contributed by atoms with van der Waals surface area (Å²) >= 11 is 0. The Hall–Kier alpha value is -1.55. The molecule has 0 aliphatic heterocycles. The maximum atomic E-state index is 12.4. The Labute approximate surface area is 120 Å². The van der Waals surface area contributed by atoms with Crippen LogP contribution in [0.25, 0.3) is 0 Å². The molecule has 1 fully saturated rings. The first-order valence-electron chi connectivity index (χ1n) is 7.29. The number of carbonyl (C=O) groups is 1. The fourth-order valence-electron chi connectivity index (χ4n) is 2.74. The van der Waals surface area contributed by atoms with Gasteiger partial charge >= 0.3 is 0 Å². The highest BCUT2D eigenvalue weighted by Gasteiger charge is 2.35. The molecule has 20 heavy (non-hydrogen) atoms. The van der Waals surface area contributed by atoms with E-state index in [-0.39, 0.29) is 11.9 Å². The van der Waals surface area contributed by atoms with Gasteiger partial charge in [0.15, 0.2) is 0 Å². The fourth-order valence-corrected chi connectivity index (χ4v) is 2.74. The van der Waals surface area contributed by atoms with E-state index >= 15 is 0 Å². The van der Waals surface area contributed by atoms with Crippen LogP contribution in [-0.4, -0.2) is 18.6 Å². The number of amides is 1. The number of hydrogen-bond acceptors (Lipinski definition) is 3. The normalized spacial score (nSPS) is 19.1. The number of benzene rings is 1. The second-order valence-electron chi connectivity index (χ2n) is 5.69. The first kappa shape index (κ1) is 14.9. The van der Waals surface area contributed by atoms with Gasteiger partial charge in [0.25, 0.3) is 0 Å². The number of ether oxygens (including phenoxy) is 1. The topological polar surface area (TPSA) is 64.3 Å². The van der Waals surface area contributed by atoms with Crippen LogP contribution in [0.1, 0.15) is 50.6 Å². The molecule has 0 radical (unpaired) electrons. The predicted octanol–water partition coefficient (Wildman–Crippen LogP) is 2.53. The summed E-state index contributed by atoms with van der Waals surface area (Å²) in [6.45, 7) is 1.97. The lowest BCUT2D eigenvalue weighted by atomic mass is 9.81. The molecule has 1 aromatic carbocycles. The molecule has 0 bridgehead atoms. The summed E-state index contributed by atoms with van der Waals surface area (Å²) < 4.78 is 5.21. The Bertz CT molecular complexity index is 467. The lowest BCUT2D eigenvalue weighted by Gasteiger charge is -2.33. The smallest absolute Gasteiger partial charge is 0.240 e. The highest BCUT2D eigenvalue weighted by Crippen LogP contribution is 2.27. The van der Waals surface area contributed by atoms with Crippen molar-refractivity contribution in [2.24, 2.45) is 5.73 Å². The van der Waals surface area contributed by atoms with Crippen LogP contribution in [0, 0.1) is 0 Å². The molecular weight excluding hydrogens is 252 g/mol. The summed E-state index contributed by atoms with van der Waals surface area (Å²) in [5.74, 6) is 0.760. The van der Waals surface area contributed by atoms with Crippen molar-refractivity contribution in [1.29, 1.82) is 0 Å². The Kier molecular flexibility index (Phi) is 4.65. The van der Waals surface area contributed by atoms with Crippen LogP contribution in [0.5, 0.6) is 5.75 Å². The number of rotatable bonds is 4. The molecule has 4 heteroatoms. The third-order valence-corrected chi connectivity index (χ3v) is 4.14. The van der Waals surface area contributed by atoms with Gasteiger partial charge < -0.3 is 15.8 Å². The SMILES string of the molecule is COc1cccc([C@@H](C)NC(=O)C2(N)CCCCC2)c1. The molecule has 0 unspecified atom stereocenters. The lowest BCUT2D eigenvalue weighted by molar-refractivity contribution is -0.128. The van der Waals surface area contributed by atoms with Crippen molar-refractivity contribution in [3.05, 3.63) is 29.8 Å². The van der Waals surface area contributed by atoms with Crippen molar-refractivity contribution < 1.29 is 9.53 Å². The average Bonchev–Trinajstić information content (AvgIpc) is 2.48. The van der Waals surface area contributed by atoms with Crippen LogP contribution in [0.4, 0.5) is 0 Å².